The van der Waals surface area contributed by atoms with E-state index in [0.717, 1.165) is 13.0 Å². The van der Waals surface area contributed by atoms with E-state index < -0.39 is 0 Å². The molecule has 16 heavy (non-hydrogen) atoms. The van der Waals surface area contributed by atoms with Crippen molar-refractivity contribution in [1.29, 1.82) is 0 Å². The Morgan fingerprint density at radius 3 is 2.94 bits per heavy atom. The first-order valence-corrected chi connectivity index (χ1v) is 6.07. The molecule has 0 aromatic heterocycles. The Bertz CT molecular complexity index is 379. The first kappa shape index (κ1) is 11.4. The van der Waals surface area contributed by atoms with Crippen molar-refractivity contribution in [2.75, 3.05) is 6.54 Å². The van der Waals surface area contributed by atoms with E-state index in [1.807, 2.05) is 6.08 Å². The molecular weight excluding hydrogens is 194 g/mol. The van der Waals surface area contributed by atoms with Crippen LogP contribution in [0.1, 0.15) is 37.4 Å². The quantitative estimate of drug-likeness (QED) is 0.599. The van der Waals surface area contributed by atoms with Crippen LogP contribution in [0, 0.1) is 5.41 Å². The molecule has 0 bridgehead atoms. The Balaban J connectivity index is 2.18. The molecule has 1 aromatic rings. The summed E-state index contributed by atoms with van der Waals surface area (Å²) in [6.45, 7) is 9.48. The largest absolute Gasteiger partial charge is 0.309 e. The summed E-state index contributed by atoms with van der Waals surface area (Å²) in [5.41, 5.74) is 3.31. The smallest absolute Gasteiger partial charge is 0.0377 e. The van der Waals surface area contributed by atoms with Crippen molar-refractivity contribution >= 4 is 0 Å². The summed E-state index contributed by atoms with van der Waals surface area (Å²) in [7, 11) is 0. The zero-order valence-corrected chi connectivity index (χ0v) is 10.3. The van der Waals surface area contributed by atoms with Gasteiger partial charge in [0.1, 0.15) is 0 Å². The highest BCUT2D eigenvalue weighted by atomic mass is 14.9. The van der Waals surface area contributed by atoms with E-state index in [1.54, 1.807) is 0 Å². The fourth-order valence-electron chi connectivity index (χ4n) is 2.71. The molecule has 0 amide bonds. The van der Waals surface area contributed by atoms with Crippen LogP contribution in [-0.2, 0) is 6.42 Å². The summed E-state index contributed by atoms with van der Waals surface area (Å²) < 4.78 is 0. The van der Waals surface area contributed by atoms with Gasteiger partial charge in [-0.15, -0.1) is 6.58 Å². The Labute approximate surface area is 98.6 Å². The van der Waals surface area contributed by atoms with Gasteiger partial charge in [0.05, 0.1) is 0 Å². The van der Waals surface area contributed by atoms with Gasteiger partial charge in [-0.1, -0.05) is 44.2 Å². The molecule has 0 spiro atoms. The molecule has 86 valence electrons. The van der Waals surface area contributed by atoms with E-state index in [9.17, 15) is 0 Å². The van der Waals surface area contributed by atoms with Gasteiger partial charge in [-0.25, -0.2) is 0 Å². The third kappa shape index (κ3) is 2.05. The molecule has 0 heterocycles. The van der Waals surface area contributed by atoms with Gasteiger partial charge in [-0.05, 0) is 35.9 Å². The second kappa shape index (κ2) is 4.42. The summed E-state index contributed by atoms with van der Waals surface area (Å²) in [5, 5.41) is 3.66. The van der Waals surface area contributed by atoms with Gasteiger partial charge in [-0.2, -0.15) is 0 Å². The lowest BCUT2D eigenvalue weighted by atomic mass is 9.85. The highest BCUT2D eigenvalue weighted by Crippen LogP contribution is 2.44. The normalized spacial score (nSPS) is 21.8. The average Bonchev–Trinajstić information content (AvgIpc) is 2.50. The summed E-state index contributed by atoms with van der Waals surface area (Å²) in [5.74, 6) is 0. The van der Waals surface area contributed by atoms with Crippen molar-refractivity contribution in [3.05, 3.63) is 48.0 Å². The maximum Gasteiger partial charge on any atom is 0.0377 e. The zero-order chi connectivity index (χ0) is 11.6. The molecule has 1 aliphatic rings. The van der Waals surface area contributed by atoms with E-state index in [-0.39, 0.29) is 0 Å². The number of hydrogen-bond donors (Lipinski definition) is 1. The number of hydrogen-bond acceptors (Lipinski definition) is 1. The molecule has 0 aliphatic heterocycles. The number of fused-ring (bicyclic) bond motifs is 1. The molecule has 1 N–H and O–H groups in total. The maximum atomic E-state index is 3.77. The van der Waals surface area contributed by atoms with E-state index >= 15 is 0 Å². The van der Waals surface area contributed by atoms with Crippen LogP contribution in [0.5, 0.6) is 0 Å². The first-order chi connectivity index (χ1) is 7.65. The van der Waals surface area contributed by atoms with Crippen molar-refractivity contribution < 1.29 is 0 Å². The van der Waals surface area contributed by atoms with Crippen molar-refractivity contribution in [2.24, 2.45) is 5.41 Å². The summed E-state index contributed by atoms with van der Waals surface area (Å²) in [4.78, 5) is 0. The van der Waals surface area contributed by atoms with Gasteiger partial charge in [0.2, 0.25) is 0 Å². The van der Waals surface area contributed by atoms with Gasteiger partial charge in [-0.3, -0.25) is 0 Å². The van der Waals surface area contributed by atoms with Gasteiger partial charge in [0.15, 0.2) is 0 Å². The predicted molar refractivity (Wildman–Crippen MR) is 69.5 cm³/mol. The number of benzene rings is 1. The molecule has 1 unspecified atom stereocenters. The molecule has 1 aliphatic carbocycles. The van der Waals surface area contributed by atoms with E-state index in [1.165, 1.54) is 17.5 Å². The lowest BCUT2D eigenvalue weighted by Crippen LogP contribution is -2.31. The maximum absolute atomic E-state index is 3.77. The van der Waals surface area contributed by atoms with Crippen molar-refractivity contribution in [2.45, 2.75) is 32.7 Å². The van der Waals surface area contributed by atoms with Crippen LogP contribution < -0.4 is 5.32 Å². The molecule has 0 fully saturated rings. The fourth-order valence-corrected chi connectivity index (χ4v) is 2.71. The first-order valence-electron chi connectivity index (χ1n) is 6.07. The van der Waals surface area contributed by atoms with Gasteiger partial charge >= 0.3 is 0 Å². The summed E-state index contributed by atoms with van der Waals surface area (Å²) in [6.07, 6.45) is 4.19. The minimum Gasteiger partial charge on any atom is -0.309 e. The lowest BCUT2D eigenvalue weighted by Gasteiger charge is -2.28. The zero-order valence-electron chi connectivity index (χ0n) is 10.3. The van der Waals surface area contributed by atoms with Crippen LogP contribution in [0.3, 0.4) is 0 Å². The minimum atomic E-state index is 0.324. The lowest BCUT2D eigenvalue weighted by molar-refractivity contribution is 0.271. The standard InChI is InChI=1S/C15H21N/c1-4-5-10-16-14-13-9-7-6-8-12(13)11-15(14,2)3/h4,6-9,14,16H,1,5,10-11H2,2-3H3. The molecule has 1 nitrogen and oxygen atoms in total. The fraction of sp³-hybridized carbons (Fsp3) is 0.467. The Kier molecular flexibility index (Phi) is 3.15. The summed E-state index contributed by atoms with van der Waals surface area (Å²) in [6, 6.07) is 9.29. The molecule has 1 aromatic carbocycles. The van der Waals surface area contributed by atoms with Gasteiger partial charge in [0.25, 0.3) is 0 Å². The van der Waals surface area contributed by atoms with E-state index in [4.69, 9.17) is 0 Å². The third-order valence-corrected chi connectivity index (χ3v) is 3.49. The highest BCUT2D eigenvalue weighted by Gasteiger charge is 2.37. The molecule has 2 rings (SSSR count). The average molecular weight is 215 g/mol. The van der Waals surface area contributed by atoms with Crippen molar-refractivity contribution in [1.82, 2.24) is 5.32 Å². The predicted octanol–water partition coefficient (Wildman–Crippen LogP) is 3.48. The molecule has 0 radical (unpaired) electrons. The van der Waals surface area contributed by atoms with Crippen molar-refractivity contribution in [3.8, 4) is 0 Å². The Morgan fingerprint density at radius 1 is 1.44 bits per heavy atom. The second-order valence-electron chi connectivity index (χ2n) is 5.33. The van der Waals surface area contributed by atoms with Crippen LogP contribution in [0.2, 0.25) is 0 Å². The monoisotopic (exact) mass is 215 g/mol. The Morgan fingerprint density at radius 2 is 2.19 bits per heavy atom. The van der Waals surface area contributed by atoms with Crippen LogP contribution in [0.25, 0.3) is 0 Å². The Hall–Kier alpha value is -1.08. The second-order valence-corrected chi connectivity index (χ2v) is 5.33. The van der Waals surface area contributed by atoms with Crippen LogP contribution in [0.15, 0.2) is 36.9 Å². The SMILES string of the molecule is C=CCCNC1c2ccccc2CC1(C)C. The van der Waals surface area contributed by atoms with Crippen molar-refractivity contribution in [3.63, 3.8) is 0 Å². The van der Waals surface area contributed by atoms with Gasteiger partial charge < -0.3 is 5.32 Å². The van der Waals surface area contributed by atoms with Crippen LogP contribution >= 0.6 is 0 Å². The molecule has 0 saturated heterocycles. The molecule has 1 heteroatoms. The third-order valence-electron chi connectivity index (χ3n) is 3.49. The minimum absolute atomic E-state index is 0.324. The highest BCUT2D eigenvalue weighted by molar-refractivity contribution is 5.37. The number of nitrogens with one attached hydrogen (secondary N) is 1. The summed E-state index contributed by atoms with van der Waals surface area (Å²) >= 11 is 0. The molecule has 0 saturated carbocycles. The van der Waals surface area contributed by atoms with E-state index in [2.05, 4.69) is 50.0 Å². The number of rotatable bonds is 4. The topological polar surface area (TPSA) is 12.0 Å². The van der Waals surface area contributed by atoms with Gasteiger partial charge in [0, 0.05) is 6.04 Å². The van der Waals surface area contributed by atoms with Crippen LogP contribution in [0.4, 0.5) is 0 Å². The van der Waals surface area contributed by atoms with Crippen LogP contribution in [-0.4, -0.2) is 6.54 Å². The molecule has 1 atom stereocenters. The molecular formula is C15H21N. The van der Waals surface area contributed by atoms with E-state index in [0.29, 0.717) is 11.5 Å².